The number of anilines is 1. The van der Waals surface area contributed by atoms with E-state index < -0.39 is 5.97 Å². The molecule has 2 aromatic carbocycles. The Balaban J connectivity index is 1.88. The summed E-state index contributed by atoms with van der Waals surface area (Å²) >= 11 is 12.3. The fraction of sp³-hybridized carbons (Fsp3) is 0.214. The summed E-state index contributed by atoms with van der Waals surface area (Å²) in [6.45, 7) is 9.91. The fourth-order valence-electron chi connectivity index (χ4n) is 4.71. The van der Waals surface area contributed by atoms with Crippen molar-refractivity contribution in [2.75, 3.05) is 12.0 Å². The molecule has 35 heavy (non-hydrogen) atoms. The van der Waals surface area contributed by atoms with Crippen LogP contribution in [0.5, 0.6) is 0 Å². The number of aromatic nitrogens is 1. The molecule has 0 aliphatic carbocycles. The average molecular weight is 509 g/mol. The maximum absolute atomic E-state index is 13.7. The zero-order valence-electron chi connectivity index (χ0n) is 20.5. The van der Waals surface area contributed by atoms with E-state index in [1.54, 1.807) is 31.2 Å². The molecule has 0 atom stereocenters. The fourth-order valence-corrected chi connectivity index (χ4v) is 5.00. The standard InChI is InChI=1S/C28H26Cl2N2O3/c1-15-8-7-9-16(2)26(15)31-17(3)12-20(18(31)4)13-22-25(28(34)35-6)19(5)32(27(22)33)21-10-11-23(29)24(30)14-21/h7-14H,1-6H3/b22-13-. The van der Waals surface area contributed by atoms with Gasteiger partial charge in [0.25, 0.3) is 5.91 Å². The summed E-state index contributed by atoms with van der Waals surface area (Å²) in [6.07, 6.45) is 1.77. The number of nitrogens with zero attached hydrogens (tertiary/aromatic N) is 2. The van der Waals surface area contributed by atoms with E-state index in [9.17, 15) is 9.59 Å². The summed E-state index contributed by atoms with van der Waals surface area (Å²) in [4.78, 5) is 27.9. The van der Waals surface area contributed by atoms with Crippen LogP contribution in [-0.4, -0.2) is 23.6 Å². The maximum atomic E-state index is 13.7. The minimum absolute atomic E-state index is 0.223. The Hall–Kier alpha value is -3.28. The number of rotatable bonds is 4. The van der Waals surface area contributed by atoms with E-state index in [4.69, 9.17) is 27.9 Å². The third-order valence-corrected chi connectivity index (χ3v) is 7.12. The number of benzene rings is 2. The van der Waals surface area contributed by atoms with Gasteiger partial charge in [-0.15, -0.1) is 0 Å². The van der Waals surface area contributed by atoms with Crippen molar-refractivity contribution < 1.29 is 14.3 Å². The Bertz CT molecular complexity index is 1430. The van der Waals surface area contributed by atoms with Gasteiger partial charge in [0.05, 0.1) is 39.7 Å². The molecule has 180 valence electrons. The number of hydrogen-bond donors (Lipinski definition) is 0. The van der Waals surface area contributed by atoms with Gasteiger partial charge in [-0.3, -0.25) is 9.69 Å². The molecule has 1 aromatic heterocycles. The van der Waals surface area contributed by atoms with Gasteiger partial charge in [-0.25, -0.2) is 4.79 Å². The van der Waals surface area contributed by atoms with Crippen LogP contribution < -0.4 is 4.90 Å². The molecule has 0 unspecified atom stereocenters. The van der Waals surface area contributed by atoms with E-state index in [-0.39, 0.29) is 17.1 Å². The third-order valence-electron chi connectivity index (χ3n) is 6.38. The van der Waals surface area contributed by atoms with Gasteiger partial charge in [0, 0.05) is 17.1 Å². The van der Waals surface area contributed by atoms with Gasteiger partial charge in [-0.1, -0.05) is 41.4 Å². The highest BCUT2D eigenvalue weighted by Crippen LogP contribution is 2.38. The van der Waals surface area contributed by atoms with Gasteiger partial charge in [0.2, 0.25) is 0 Å². The molecule has 0 spiro atoms. The van der Waals surface area contributed by atoms with Crippen LogP contribution in [0.3, 0.4) is 0 Å². The summed E-state index contributed by atoms with van der Waals surface area (Å²) in [5.41, 5.74) is 7.74. The molecule has 7 heteroatoms. The van der Waals surface area contributed by atoms with E-state index in [0.717, 1.165) is 33.8 Å². The van der Waals surface area contributed by atoms with Gasteiger partial charge < -0.3 is 9.30 Å². The van der Waals surface area contributed by atoms with Crippen LogP contribution in [0.2, 0.25) is 10.0 Å². The van der Waals surface area contributed by atoms with Crippen LogP contribution in [0.15, 0.2) is 59.3 Å². The number of ether oxygens (including phenoxy) is 1. The number of carbonyl (C=O) groups excluding carboxylic acids is 2. The predicted octanol–water partition coefficient (Wildman–Crippen LogP) is 6.89. The number of methoxy groups -OCH3 is 1. The van der Waals surface area contributed by atoms with Crippen molar-refractivity contribution in [3.8, 4) is 5.69 Å². The van der Waals surface area contributed by atoms with Crippen LogP contribution >= 0.6 is 23.2 Å². The Morgan fingerprint density at radius 2 is 1.60 bits per heavy atom. The zero-order valence-corrected chi connectivity index (χ0v) is 22.0. The minimum atomic E-state index is -0.576. The molecule has 5 nitrogen and oxygen atoms in total. The number of hydrogen-bond acceptors (Lipinski definition) is 3. The normalized spacial score (nSPS) is 14.9. The SMILES string of the molecule is COC(=O)C1=C(C)N(c2ccc(Cl)c(Cl)c2)C(=O)/C1=C\c1cc(C)n(-c2c(C)cccc2C)c1C. The van der Waals surface area contributed by atoms with Crippen molar-refractivity contribution in [3.05, 3.63) is 97.4 Å². The number of esters is 1. The van der Waals surface area contributed by atoms with Crippen molar-refractivity contribution in [2.24, 2.45) is 0 Å². The van der Waals surface area contributed by atoms with Crippen molar-refractivity contribution in [1.29, 1.82) is 0 Å². The first-order valence-electron chi connectivity index (χ1n) is 11.1. The molecule has 0 saturated carbocycles. The predicted molar refractivity (Wildman–Crippen MR) is 141 cm³/mol. The first-order chi connectivity index (χ1) is 16.6. The summed E-state index contributed by atoms with van der Waals surface area (Å²) in [7, 11) is 1.30. The molecule has 0 fully saturated rings. The summed E-state index contributed by atoms with van der Waals surface area (Å²) in [5, 5.41) is 0.700. The van der Waals surface area contributed by atoms with E-state index in [1.807, 2.05) is 26.0 Å². The van der Waals surface area contributed by atoms with Gasteiger partial charge in [-0.05, 0) is 81.7 Å². The van der Waals surface area contributed by atoms with Crippen molar-refractivity contribution in [2.45, 2.75) is 34.6 Å². The van der Waals surface area contributed by atoms with Crippen LogP contribution in [0, 0.1) is 27.7 Å². The molecule has 1 amide bonds. The summed E-state index contributed by atoms with van der Waals surface area (Å²) < 4.78 is 7.22. The van der Waals surface area contributed by atoms with E-state index >= 15 is 0 Å². The van der Waals surface area contributed by atoms with Crippen LogP contribution in [0.1, 0.15) is 35.0 Å². The Morgan fingerprint density at radius 1 is 0.943 bits per heavy atom. The zero-order chi connectivity index (χ0) is 25.6. The lowest BCUT2D eigenvalue weighted by molar-refractivity contribution is -0.136. The molecule has 0 N–H and O–H groups in total. The second kappa shape index (κ2) is 9.40. The highest BCUT2D eigenvalue weighted by atomic mass is 35.5. The second-order valence-corrected chi connectivity index (χ2v) is 9.47. The topological polar surface area (TPSA) is 51.5 Å². The number of halogens is 2. The monoisotopic (exact) mass is 508 g/mol. The van der Waals surface area contributed by atoms with Gasteiger partial charge in [0.15, 0.2) is 0 Å². The van der Waals surface area contributed by atoms with Gasteiger partial charge in [-0.2, -0.15) is 0 Å². The average Bonchev–Trinajstić information content (AvgIpc) is 3.22. The van der Waals surface area contributed by atoms with E-state index in [2.05, 4.69) is 30.5 Å². The first-order valence-corrected chi connectivity index (χ1v) is 11.9. The molecular weight excluding hydrogens is 483 g/mol. The van der Waals surface area contributed by atoms with Crippen molar-refractivity contribution in [3.63, 3.8) is 0 Å². The van der Waals surface area contributed by atoms with Crippen LogP contribution in [-0.2, 0) is 14.3 Å². The van der Waals surface area contributed by atoms with Crippen molar-refractivity contribution in [1.82, 2.24) is 4.57 Å². The number of para-hydroxylation sites is 1. The smallest absolute Gasteiger partial charge is 0.340 e. The summed E-state index contributed by atoms with van der Waals surface area (Å²) in [6, 6.07) is 13.1. The minimum Gasteiger partial charge on any atom is -0.465 e. The maximum Gasteiger partial charge on any atom is 0.340 e. The first kappa shape index (κ1) is 24.8. The number of carbonyl (C=O) groups is 2. The second-order valence-electron chi connectivity index (χ2n) is 8.65. The molecular formula is C28H26Cl2N2O3. The number of allylic oxidation sites excluding steroid dienone is 1. The molecule has 1 aliphatic heterocycles. The quantitative estimate of drug-likeness (QED) is 0.284. The number of amides is 1. The highest BCUT2D eigenvalue weighted by molar-refractivity contribution is 6.42. The van der Waals surface area contributed by atoms with E-state index in [0.29, 0.717) is 21.4 Å². The molecule has 1 aliphatic rings. The van der Waals surface area contributed by atoms with Gasteiger partial charge in [0.1, 0.15) is 0 Å². The van der Waals surface area contributed by atoms with E-state index in [1.165, 1.54) is 12.0 Å². The van der Waals surface area contributed by atoms with Crippen LogP contribution in [0.4, 0.5) is 5.69 Å². The molecule has 4 rings (SSSR count). The lowest BCUT2D eigenvalue weighted by Crippen LogP contribution is -2.24. The summed E-state index contributed by atoms with van der Waals surface area (Å²) in [5.74, 6) is -0.911. The highest BCUT2D eigenvalue weighted by Gasteiger charge is 2.38. The van der Waals surface area contributed by atoms with Gasteiger partial charge >= 0.3 is 5.97 Å². The number of aryl methyl sites for hydroxylation is 3. The van der Waals surface area contributed by atoms with Crippen molar-refractivity contribution >= 4 is 46.8 Å². The third kappa shape index (κ3) is 4.19. The largest absolute Gasteiger partial charge is 0.465 e. The van der Waals surface area contributed by atoms with Crippen LogP contribution in [0.25, 0.3) is 11.8 Å². The Labute approximate surface area is 215 Å². The molecule has 3 aromatic rings. The Morgan fingerprint density at radius 3 is 2.20 bits per heavy atom. The molecule has 0 saturated heterocycles. The Kier molecular flexibility index (Phi) is 6.67. The lowest BCUT2D eigenvalue weighted by atomic mass is 10.0. The lowest BCUT2D eigenvalue weighted by Gasteiger charge is -2.18. The molecule has 0 bridgehead atoms. The molecule has 0 radical (unpaired) electrons. The molecule has 2 heterocycles.